The number of hydrogen-bond acceptors (Lipinski definition) is 5. The molecule has 2 aromatic carbocycles. The van der Waals surface area contributed by atoms with Crippen LogP contribution in [-0.2, 0) is 20.1 Å². The van der Waals surface area contributed by atoms with E-state index in [9.17, 15) is 22.8 Å². The minimum Gasteiger partial charge on any atom is -0.374 e. The number of rotatable bonds is 5. The molecule has 0 radical (unpaired) electrons. The molecule has 1 N–H and O–H groups in total. The van der Waals surface area contributed by atoms with Gasteiger partial charge in [0.15, 0.2) is 0 Å². The molecule has 0 aromatic heterocycles. The molecule has 7 nitrogen and oxygen atoms in total. The van der Waals surface area contributed by atoms with Crippen LogP contribution in [0.4, 0.5) is 13.2 Å². The standard InChI is InChI=1S/C25H22Cl2F3N3O4/c1-13-7-14(5-6-19(13)22(34)31-21-12-36-33(23(21)35)18-3-2-4-18)20-11-24(37-32-20,25(28,29)30)15-8-16(26)10-17(27)9-15/h5-10,18,21H,2-4,11-12H2,1H3,(H,31,34)/t21-,24?/m1/s1. The second kappa shape index (κ2) is 9.49. The Balaban J connectivity index is 1.33. The van der Waals surface area contributed by atoms with Crippen molar-refractivity contribution >= 4 is 40.7 Å². The number of halogens is 5. The lowest BCUT2D eigenvalue weighted by Gasteiger charge is -2.32. The maximum Gasteiger partial charge on any atom is 0.435 e. The van der Waals surface area contributed by atoms with Crippen LogP contribution in [0, 0.1) is 6.92 Å². The van der Waals surface area contributed by atoms with Crippen molar-refractivity contribution < 1.29 is 32.4 Å². The number of nitrogens with zero attached hydrogens (tertiary/aromatic N) is 2. The first-order valence-corrected chi connectivity index (χ1v) is 12.4. The first-order chi connectivity index (χ1) is 17.5. The van der Waals surface area contributed by atoms with Crippen molar-refractivity contribution in [3.05, 3.63) is 68.7 Å². The summed E-state index contributed by atoms with van der Waals surface area (Å²) in [5.41, 5.74) is -1.82. The van der Waals surface area contributed by atoms with E-state index >= 15 is 0 Å². The lowest BCUT2D eigenvalue weighted by atomic mass is 9.86. The van der Waals surface area contributed by atoms with Crippen LogP contribution < -0.4 is 5.32 Å². The highest BCUT2D eigenvalue weighted by Gasteiger charge is 2.62. The minimum absolute atomic E-state index is 0.0383. The van der Waals surface area contributed by atoms with Crippen LogP contribution in [0.5, 0.6) is 0 Å². The Morgan fingerprint density at radius 3 is 2.46 bits per heavy atom. The third kappa shape index (κ3) is 4.66. The van der Waals surface area contributed by atoms with E-state index in [1.165, 1.54) is 23.3 Å². The SMILES string of the molecule is Cc1cc(C2=NOC(c3cc(Cl)cc(Cl)c3)(C(F)(F)F)C2)ccc1C(=O)N[C@@H]1CON(C2CCC2)C1=O. The zero-order valence-corrected chi connectivity index (χ0v) is 21.1. The van der Waals surface area contributed by atoms with E-state index in [1.807, 2.05) is 0 Å². The molecule has 1 unspecified atom stereocenters. The second-order valence-electron chi connectivity index (χ2n) is 9.39. The quantitative estimate of drug-likeness (QED) is 0.542. The Morgan fingerprint density at radius 2 is 1.86 bits per heavy atom. The van der Waals surface area contributed by atoms with E-state index in [4.69, 9.17) is 32.9 Å². The molecule has 196 valence electrons. The van der Waals surface area contributed by atoms with Crippen molar-refractivity contribution in [2.24, 2.45) is 5.16 Å². The molecule has 1 saturated carbocycles. The van der Waals surface area contributed by atoms with Gasteiger partial charge in [-0.1, -0.05) is 34.4 Å². The molecular weight excluding hydrogens is 534 g/mol. The van der Waals surface area contributed by atoms with Crippen LogP contribution >= 0.6 is 23.2 Å². The number of carbonyl (C=O) groups is 2. The summed E-state index contributed by atoms with van der Waals surface area (Å²) < 4.78 is 42.8. The van der Waals surface area contributed by atoms with Crippen molar-refractivity contribution in [2.75, 3.05) is 6.61 Å². The predicted octanol–water partition coefficient (Wildman–Crippen LogP) is 5.31. The number of alkyl halides is 3. The number of aryl methyl sites for hydroxylation is 1. The van der Waals surface area contributed by atoms with Gasteiger partial charge in [0.05, 0.1) is 11.8 Å². The number of oxime groups is 1. The molecular formula is C25H22Cl2F3N3O4. The molecule has 0 bridgehead atoms. The average Bonchev–Trinajstić information content (AvgIpc) is 3.38. The van der Waals surface area contributed by atoms with Gasteiger partial charge in [0, 0.05) is 27.6 Å². The summed E-state index contributed by atoms with van der Waals surface area (Å²) in [6.07, 6.45) is -2.64. The van der Waals surface area contributed by atoms with Crippen molar-refractivity contribution in [1.82, 2.24) is 10.4 Å². The van der Waals surface area contributed by atoms with Crippen molar-refractivity contribution in [3.63, 3.8) is 0 Å². The third-order valence-electron chi connectivity index (χ3n) is 6.93. The van der Waals surface area contributed by atoms with Gasteiger partial charge in [0.25, 0.3) is 17.4 Å². The van der Waals surface area contributed by atoms with Gasteiger partial charge in [0.2, 0.25) is 0 Å². The molecule has 2 amide bonds. The van der Waals surface area contributed by atoms with Gasteiger partial charge in [-0.3, -0.25) is 14.4 Å². The number of benzene rings is 2. The molecule has 5 rings (SSSR count). The highest BCUT2D eigenvalue weighted by molar-refractivity contribution is 6.34. The van der Waals surface area contributed by atoms with E-state index in [-0.39, 0.29) is 45.4 Å². The maximum atomic E-state index is 14.3. The molecule has 2 fully saturated rings. The fraction of sp³-hybridized carbons (Fsp3) is 0.400. The first kappa shape index (κ1) is 25.8. The topological polar surface area (TPSA) is 80.2 Å². The largest absolute Gasteiger partial charge is 0.435 e. The minimum atomic E-state index is -4.82. The van der Waals surface area contributed by atoms with Gasteiger partial charge in [-0.15, -0.1) is 0 Å². The lowest BCUT2D eigenvalue weighted by molar-refractivity contribution is -0.275. The summed E-state index contributed by atoms with van der Waals surface area (Å²) in [7, 11) is 0. The van der Waals surface area contributed by atoms with E-state index in [0.717, 1.165) is 31.4 Å². The zero-order valence-electron chi connectivity index (χ0n) is 19.6. The molecule has 3 aliphatic rings. The van der Waals surface area contributed by atoms with Gasteiger partial charge in [-0.05, 0) is 67.6 Å². The molecule has 1 aliphatic carbocycles. The summed E-state index contributed by atoms with van der Waals surface area (Å²) >= 11 is 11.9. The Morgan fingerprint density at radius 1 is 1.16 bits per heavy atom. The zero-order chi connectivity index (χ0) is 26.5. The summed E-state index contributed by atoms with van der Waals surface area (Å²) in [6, 6.07) is 7.43. The van der Waals surface area contributed by atoms with E-state index in [2.05, 4.69) is 10.5 Å². The number of nitrogens with one attached hydrogen (secondary N) is 1. The summed E-state index contributed by atoms with van der Waals surface area (Å²) in [5, 5.41) is 7.87. The number of amides is 2. The monoisotopic (exact) mass is 555 g/mol. The van der Waals surface area contributed by atoms with Crippen LogP contribution in [0.2, 0.25) is 10.0 Å². The van der Waals surface area contributed by atoms with Crippen LogP contribution in [0.1, 0.15) is 52.7 Å². The lowest BCUT2D eigenvalue weighted by Crippen LogP contribution is -2.46. The molecule has 2 aromatic rings. The number of carbonyl (C=O) groups excluding carboxylic acids is 2. The summed E-state index contributed by atoms with van der Waals surface area (Å²) in [6.45, 7) is 1.70. The summed E-state index contributed by atoms with van der Waals surface area (Å²) in [5.74, 6) is -0.765. The van der Waals surface area contributed by atoms with Crippen LogP contribution in [0.25, 0.3) is 0 Å². The fourth-order valence-corrected chi connectivity index (χ4v) is 5.16. The van der Waals surface area contributed by atoms with Crippen molar-refractivity contribution in [3.8, 4) is 0 Å². The van der Waals surface area contributed by atoms with Crippen molar-refractivity contribution in [2.45, 2.75) is 56.5 Å². The molecule has 2 aliphatic heterocycles. The maximum absolute atomic E-state index is 14.3. The van der Waals surface area contributed by atoms with Crippen LogP contribution in [-0.4, -0.2) is 47.5 Å². The number of hydroxylamine groups is 2. The molecule has 2 heterocycles. The Labute approximate surface area is 220 Å². The fourth-order valence-electron chi connectivity index (χ4n) is 4.63. The number of hydrogen-bond donors (Lipinski definition) is 1. The van der Waals surface area contributed by atoms with E-state index in [0.29, 0.717) is 11.1 Å². The Hall–Kier alpha value is -2.82. The highest BCUT2D eigenvalue weighted by Crippen LogP contribution is 2.49. The summed E-state index contributed by atoms with van der Waals surface area (Å²) in [4.78, 5) is 35.9. The van der Waals surface area contributed by atoms with Gasteiger partial charge in [-0.25, -0.2) is 5.06 Å². The van der Waals surface area contributed by atoms with E-state index in [1.54, 1.807) is 13.0 Å². The van der Waals surface area contributed by atoms with Crippen LogP contribution in [0.15, 0.2) is 41.6 Å². The van der Waals surface area contributed by atoms with E-state index < -0.39 is 30.1 Å². The molecule has 2 atom stereocenters. The van der Waals surface area contributed by atoms with Gasteiger partial charge >= 0.3 is 6.18 Å². The predicted molar refractivity (Wildman–Crippen MR) is 129 cm³/mol. The first-order valence-electron chi connectivity index (χ1n) is 11.6. The highest BCUT2D eigenvalue weighted by atomic mass is 35.5. The van der Waals surface area contributed by atoms with Gasteiger partial charge in [-0.2, -0.15) is 13.2 Å². The normalized spacial score (nSPS) is 24.1. The Kier molecular flexibility index (Phi) is 6.62. The average molecular weight is 556 g/mol. The second-order valence-corrected chi connectivity index (χ2v) is 10.3. The molecule has 1 saturated heterocycles. The Bertz CT molecular complexity index is 1280. The van der Waals surface area contributed by atoms with Crippen LogP contribution in [0.3, 0.4) is 0 Å². The van der Waals surface area contributed by atoms with Crippen molar-refractivity contribution in [1.29, 1.82) is 0 Å². The molecule has 12 heteroatoms. The molecule has 0 spiro atoms. The third-order valence-corrected chi connectivity index (χ3v) is 7.36. The van der Waals surface area contributed by atoms with Gasteiger partial charge < -0.3 is 10.2 Å². The molecule has 37 heavy (non-hydrogen) atoms. The van der Waals surface area contributed by atoms with Gasteiger partial charge in [0.1, 0.15) is 12.6 Å². The smallest absolute Gasteiger partial charge is 0.374 e.